The minimum atomic E-state index is -0.394. The lowest BCUT2D eigenvalue weighted by atomic mass is 9.83. The predicted octanol–water partition coefficient (Wildman–Crippen LogP) is 3.11. The Labute approximate surface area is 133 Å². The molecule has 1 aromatic carbocycles. The maximum absolute atomic E-state index is 13.2. The maximum Gasteiger partial charge on any atom is 0.244 e. The third-order valence-electron chi connectivity index (χ3n) is 4.00. The average molecular weight is 312 g/mol. The largest absolute Gasteiger partial charge is 0.420 e. The second kappa shape index (κ2) is 6.13. The van der Waals surface area contributed by atoms with Crippen LogP contribution >= 0.6 is 0 Å². The first-order valence-corrected chi connectivity index (χ1v) is 7.55. The van der Waals surface area contributed by atoms with Crippen LogP contribution in [0, 0.1) is 17.1 Å². The van der Waals surface area contributed by atoms with Gasteiger partial charge in [-0.2, -0.15) is 5.26 Å². The number of benzene rings is 1. The van der Waals surface area contributed by atoms with E-state index in [0.717, 1.165) is 36.1 Å². The van der Waals surface area contributed by atoms with Gasteiger partial charge < -0.3 is 10.5 Å². The number of H-pyrrole nitrogens is 1. The van der Waals surface area contributed by atoms with Gasteiger partial charge in [0.1, 0.15) is 17.5 Å². The standard InChI is InChI=1S/C17H17FN4O/c1-2-3-4-13-15-14(10-5-7-11(18)8-6-10)12(9-19)16(20)23-17(15)22-21-13/h5-8,14H,2-4,20H2,1H3,(H,21,22)/t14-/m0/s1. The summed E-state index contributed by atoms with van der Waals surface area (Å²) >= 11 is 0. The van der Waals surface area contributed by atoms with Gasteiger partial charge in [-0.1, -0.05) is 25.5 Å². The average Bonchev–Trinajstić information content (AvgIpc) is 2.95. The number of fused-ring (bicyclic) bond motifs is 1. The molecule has 2 heterocycles. The van der Waals surface area contributed by atoms with E-state index < -0.39 is 5.92 Å². The maximum atomic E-state index is 13.2. The van der Waals surface area contributed by atoms with Crippen LogP contribution in [-0.2, 0) is 6.42 Å². The lowest BCUT2D eigenvalue weighted by molar-refractivity contribution is 0.378. The van der Waals surface area contributed by atoms with Crippen LogP contribution in [0.2, 0.25) is 0 Å². The molecule has 6 heteroatoms. The number of halogens is 1. The molecule has 1 atom stereocenters. The topological polar surface area (TPSA) is 87.7 Å². The Kier molecular flexibility index (Phi) is 4.02. The molecular formula is C17H17FN4O. The Morgan fingerprint density at radius 2 is 2.13 bits per heavy atom. The molecule has 0 aliphatic carbocycles. The summed E-state index contributed by atoms with van der Waals surface area (Å²) in [5.74, 6) is -0.283. The summed E-state index contributed by atoms with van der Waals surface area (Å²) in [7, 11) is 0. The Bertz CT molecular complexity index is 786. The summed E-state index contributed by atoms with van der Waals surface area (Å²) in [6, 6.07) is 8.20. The molecule has 0 fully saturated rings. The van der Waals surface area contributed by atoms with Gasteiger partial charge in [-0.3, -0.25) is 5.10 Å². The zero-order valence-electron chi connectivity index (χ0n) is 12.8. The van der Waals surface area contributed by atoms with E-state index in [9.17, 15) is 9.65 Å². The Morgan fingerprint density at radius 3 is 2.78 bits per heavy atom. The fourth-order valence-corrected chi connectivity index (χ4v) is 2.84. The fraction of sp³-hybridized carbons (Fsp3) is 0.294. The molecule has 118 valence electrons. The van der Waals surface area contributed by atoms with E-state index in [1.54, 1.807) is 12.1 Å². The normalized spacial score (nSPS) is 16.7. The molecule has 0 saturated heterocycles. The molecule has 1 aliphatic rings. The molecule has 0 amide bonds. The lowest BCUT2D eigenvalue weighted by Crippen LogP contribution is -2.21. The van der Waals surface area contributed by atoms with Crippen LogP contribution in [0.3, 0.4) is 0 Å². The van der Waals surface area contributed by atoms with E-state index >= 15 is 0 Å². The highest BCUT2D eigenvalue weighted by Crippen LogP contribution is 2.43. The van der Waals surface area contributed by atoms with E-state index in [1.807, 2.05) is 0 Å². The Hall–Kier alpha value is -2.81. The molecule has 0 spiro atoms. The van der Waals surface area contributed by atoms with E-state index in [1.165, 1.54) is 12.1 Å². The van der Waals surface area contributed by atoms with Crippen molar-refractivity contribution in [3.8, 4) is 11.9 Å². The number of rotatable bonds is 4. The molecule has 2 aromatic rings. The molecule has 3 N–H and O–H groups in total. The van der Waals surface area contributed by atoms with Crippen molar-refractivity contribution in [2.45, 2.75) is 32.1 Å². The first-order valence-electron chi connectivity index (χ1n) is 7.55. The quantitative estimate of drug-likeness (QED) is 0.908. The van der Waals surface area contributed by atoms with Crippen molar-refractivity contribution in [1.82, 2.24) is 10.2 Å². The van der Waals surface area contributed by atoms with Crippen molar-refractivity contribution in [1.29, 1.82) is 5.26 Å². The zero-order chi connectivity index (χ0) is 16.4. The molecule has 0 unspecified atom stereocenters. The van der Waals surface area contributed by atoms with Crippen molar-refractivity contribution < 1.29 is 9.13 Å². The third-order valence-corrected chi connectivity index (χ3v) is 4.00. The summed E-state index contributed by atoms with van der Waals surface area (Å²) < 4.78 is 18.7. The van der Waals surface area contributed by atoms with E-state index in [4.69, 9.17) is 10.5 Å². The predicted molar refractivity (Wildman–Crippen MR) is 82.9 cm³/mol. The molecular weight excluding hydrogens is 295 g/mol. The van der Waals surface area contributed by atoms with E-state index in [2.05, 4.69) is 23.2 Å². The van der Waals surface area contributed by atoms with Crippen LogP contribution in [0.15, 0.2) is 35.7 Å². The highest BCUT2D eigenvalue weighted by molar-refractivity contribution is 5.55. The Morgan fingerprint density at radius 1 is 1.39 bits per heavy atom. The van der Waals surface area contributed by atoms with Crippen molar-refractivity contribution in [2.75, 3.05) is 0 Å². The Balaban J connectivity index is 2.13. The minimum Gasteiger partial charge on any atom is -0.420 e. The van der Waals surface area contributed by atoms with Gasteiger partial charge in [0.2, 0.25) is 11.8 Å². The number of nitriles is 1. The molecule has 0 radical (unpaired) electrons. The second-order valence-corrected chi connectivity index (χ2v) is 5.50. The number of nitrogens with two attached hydrogens (primary N) is 1. The number of allylic oxidation sites excluding steroid dienone is 1. The SMILES string of the molecule is CCCCc1[nH]nc2c1[C@@H](c1ccc(F)cc1)C(C#N)=C(N)O2. The van der Waals surface area contributed by atoms with Crippen molar-refractivity contribution in [2.24, 2.45) is 5.73 Å². The lowest BCUT2D eigenvalue weighted by Gasteiger charge is -2.24. The van der Waals surface area contributed by atoms with Crippen LogP contribution < -0.4 is 10.5 Å². The van der Waals surface area contributed by atoms with Gasteiger partial charge >= 0.3 is 0 Å². The van der Waals surface area contributed by atoms with Crippen LogP contribution in [0.4, 0.5) is 4.39 Å². The number of hydrogen-bond acceptors (Lipinski definition) is 4. The van der Waals surface area contributed by atoms with E-state index in [0.29, 0.717) is 11.5 Å². The molecule has 0 saturated carbocycles. The van der Waals surface area contributed by atoms with Gasteiger partial charge in [-0.05, 0) is 30.5 Å². The number of aromatic amines is 1. The van der Waals surface area contributed by atoms with Crippen molar-refractivity contribution in [3.05, 3.63) is 58.4 Å². The van der Waals surface area contributed by atoms with Crippen LogP contribution in [0.5, 0.6) is 5.88 Å². The molecule has 1 aliphatic heterocycles. The van der Waals surface area contributed by atoms with Gasteiger partial charge in [0.15, 0.2) is 0 Å². The van der Waals surface area contributed by atoms with Gasteiger partial charge in [0.05, 0.1) is 5.92 Å². The first kappa shape index (κ1) is 15.1. The third kappa shape index (κ3) is 2.66. The molecule has 3 rings (SSSR count). The summed E-state index contributed by atoms with van der Waals surface area (Å²) in [4.78, 5) is 0. The number of unbranched alkanes of at least 4 members (excludes halogenated alkanes) is 1. The van der Waals surface area contributed by atoms with Gasteiger partial charge in [-0.15, -0.1) is 5.10 Å². The number of ether oxygens (including phenoxy) is 1. The fourth-order valence-electron chi connectivity index (χ4n) is 2.84. The van der Waals surface area contributed by atoms with Gasteiger partial charge in [0, 0.05) is 11.3 Å². The van der Waals surface area contributed by atoms with Crippen LogP contribution in [-0.4, -0.2) is 10.2 Å². The number of nitrogens with one attached hydrogen (secondary N) is 1. The molecule has 0 bridgehead atoms. The monoisotopic (exact) mass is 312 g/mol. The number of aryl methyl sites for hydroxylation is 1. The van der Waals surface area contributed by atoms with Gasteiger partial charge in [-0.25, -0.2) is 4.39 Å². The molecule has 5 nitrogen and oxygen atoms in total. The number of hydrogen-bond donors (Lipinski definition) is 2. The van der Waals surface area contributed by atoms with Crippen LogP contribution in [0.1, 0.15) is 42.5 Å². The van der Waals surface area contributed by atoms with Crippen molar-refractivity contribution in [3.63, 3.8) is 0 Å². The summed E-state index contributed by atoms with van der Waals surface area (Å²) in [6.07, 6.45) is 2.84. The minimum absolute atomic E-state index is 0.0443. The second-order valence-electron chi connectivity index (χ2n) is 5.50. The summed E-state index contributed by atoms with van der Waals surface area (Å²) in [5.41, 5.74) is 8.73. The highest BCUT2D eigenvalue weighted by atomic mass is 19.1. The van der Waals surface area contributed by atoms with Crippen LogP contribution in [0.25, 0.3) is 0 Å². The number of aromatic nitrogens is 2. The zero-order valence-corrected chi connectivity index (χ0v) is 12.8. The smallest absolute Gasteiger partial charge is 0.244 e. The summed E-state index contributed by atoms with van der Waals surface area (Å²) in [5, 5.41) is 16.7. The highest BCUT2D eigenvalue weighted by Gasteiger charge is 2.34. The molecule has 1 aromatic heterocycles. The first-order chi connectivity index (χ1) is 11.2. The summed E-state index contributed by atoms with van der Waals surface area (Å²) in [6.45, 7) is 2.11. The van der Waals surface area contributed by atoms with Crippen molar-refractivity contribution >= 4 is 0 Å². The van der Waals surface area contributed by atoms with Gasteiger partial charge in [0.25, 0.3) is 0 Å². The molecule has 23 heavy (non-hydrogen) atoms. The number of nitrogens with zero attached hydrogens (tertiary/aromatic N) is 2. The van der Waals surface area contributed by atoms with E-state index in [-0.39, 0.29) is 11.7 Å².